The summed E-state index contributed by atoms with van der Waals surface area (Å²) >= 11 is 0. The van der Waals surface area contributed by atoms with Crippen LogP contribution in [0.4, 0.5) is 0 Å². The zero-order chi connectivity index (χ0) is 13.8. The molecule has 110 valence electrons. The first-order valence-corrected chi connectivity index (χ1v) is 6.15. The van der Waals surface area contributed by atoms with Gasteiger partial charge in [-0.15, -0.1) is 12.4 Å². The Kier molecular flexibility index (Phi) is 6.01. The van der Waals surface area contributed by atoms with Gasteiger partial charge in [0.25, 0.3) is 0 Å². The molecule has 0 bridgehead atoms. The second-order valence-corrected chi connectivity index (χ2v) is 4.48. The van der Waals surface area contributed by atoms with Gasteiger partial charge >= 0.3 is 0 Å². The number of furan rings is 1. The highest BCUT2D eigenvalue weighted by Crippen LogP contribution is 2.23. The molecule has 20 heavy (non-hydrogen) atoms. The van der Waals surface area contributed by atoms with Crippen molar-refractivity contribution in [3.63, 3.8) is 0 Å². The third-order valence-corrected chi connectivity index (χ3v) is 2.91. The van der Waals surface area contributed by atoms with Gasteiger partial charge in [0.2, 0.25) is 5.91 Å². The summed E-state index contributed by atoms with van der Waals surface area (Å²) in [5.74, 6) is 0.453. The highest BCUT2D eigenvalue weighted by atomic mass is 35.5. The zero-order valence-electron chi connectivity index (χ0n) is 11.5. The quantitative estimate of drug-likeness (QED) is 0.885. The highest BCUT2D eigenvalue weighted by Gasteiger charge is 2.18. The number of nitrogens with one attached hydrogen (secondary N) is 1. The van der Waals surface area contributed by atoms with E-state index in [0.717, 1.165) is 11.0 Å². The van der Waals surface area contributed by atoms with Crippen LogP contribution >= 0.6 is 12.4 Å². The number of rotatable bonds is 5. The number of amides is 1. The van der Waals surface area contributed by atoms with Crippen molar-refractivity contribution in [2.24, 2.45) is 5.73 Å². The van der Waals surface area contributed by atoms with E-state index < -0.39 is 6.04 Å². The molecule has 2 atom stereocenters. The second-order valence-electron chi connectivity index (χ2n) is 4.48. The van der Waals surface area contributed by atoms with E-state index in [-0.39, 0.29) is 31.0 Å². The van der Waals surface area contributed by atoms with Gasteiger partial charge in [-0.1, -0.05) is 18.2 Å². The van der Waals surface area contributed by atoms with Gasteiger partial charge in [-0.2, -0.15) is 0 Å². The van der Waals surface area contributed by atoms with Gasteiger partial charge in [0.15, 0.2) is 0 Å². The first-order chi connectivity index (χ1) is 9.11. The van der Waals surface area contributed by atoms with Crippen molar-refractivity contribution in [1.29, 1.82) is 0 Å². The van der Waals surface area contributed by atoms with Crippen molar-refractivity contribution in [1.82, 2.24) is 5.32 Å². The van der Waals surface area contributed by atoms with Crippen LogP contribution in [0.15, 0.2) is 34.7 Å². The van der Waals surface area contributed by atoms with Crippen LogP contribution in [0.25, 0.3) is 11.0 Å². The first-order valence-electron chi connectivity index (χ1n) is 6.15. The van der Waals surface area contributed by atoms with Crippen molar-refractivity contribution < 1.29 is 13.9 Å². The normalized spacial score (nSPS) is 13.6. The summed E-state index contributed by atoms with van der Waals surface area (Å²) in [7, 11) is 1.51. The number of nitrogens with two attached hydrogens (primary N) is 1. The lowest BCUT2D eigenvalue weighted by molar-refractivity contribution is -0.124. The van der Waals surface area contributed by atoms with Crippen molar-refractivity contribution in [2.75, 3.05) is 13.7 Å². The number of hydrogen-bond acceptors (Lipinski definition) is 4. The van der Waals surface area contributed by atoms with Gasteiger partial charge in [0.1, 0.15) is 17.4 Å². The maximum absolute atomic E-state index is 11.8. The standard InChI is InChI=1S/C14H18N2O3.ClH/c1-9(16-14(17)11(15)8-18-2)13-7-10-5-3-4-6-12(10)19-13;/h3-7,9,11H,8,15H2,1-2H3,(H,16,17);1H. The molecule has 1 heterocycles. The fourth-order valence-corrected chi connectivity index (χ4v) is 1.86. The summed E-state index contributed by atoms with van der Waals surface area (Å²) < 4.78 is 10.5. The van der Waals surface area contributed by atoms with Crippen LogP contribution in [0.1, 0.15) is 18.7 Å². The molecule has 0 saturated heterocycles. The number of methoxy groups -OCH3 is 1. The number of carbonyl (C=O) groups excluding carboxylic acids is 1. The molecule has 1 aromatic heterocycles. The monoisotopic (exact) mass is 298 g/mol. The molecular weight excluding hydrogens is 280 g/mol. The average Bonchev–Trinajstić information content (AvgIpc) is 2.82. The molecule has 0 aliphatic carbocycles. The number of carbonyl (C=O) groups is 1. The molecule has 1 amide bonds. The van der Waals surface area contributed by atoms with Crippen LogP contribution < -0.4 is 11.1 Å². The van der Waals surface area contributed by atoms with Gasteiger partial charge < -0.3 is 20.2 Å². The Bertz CT molecular complexity index is 537. The largest absolute Gasteiger partial charge is 0.459 e. The number of halogens is 1. The Morgan fingerprint density at radius 3 is 2.80 bits per heavy atom. The van der Waals surface area contributed by atoms with E-state index in [0.29, 0.717) is 5.76 Å². The highest BCUT2D eigenvalue weighted by molar-refractivity contribution is 5.85. The van der Waals surface area contributed by atoms with Gasteiger partial charge in [-0.3, -0.25) is 4.79 Å². The van der Waals surface area contributed by atoms with Crippen LogP contribution in [0.3, 0.4) is 0 Å². The average molecular weight is 299 g/mol. The Morgan fingerprint density at radius 1 is 1.45 bits per heavy atom. The van der Waals surface area contributed by atoms with Crippen molar-refractivity contribution >= 4 is 29.3 Å². The summed E-state index contributed by atoms with van der Waals surface area (Å²) in [6.07, 6.45) is 0. The van der Waals surface area contributed by atoms with Crippen LogP contribution in [0.5, 0.6) is 0 Å². The molecule has 2 unspecified atom stereocenters. The van der Waals surface area contributed by atoms with Crippen LogP contribution in [0, 0.1) is 0 Å². The van der Waals surface area contributed by atoms with Gasteiger partial charge in [0.05, 0.1) is 12.6 Å². The van der Waals surface area contributed by atoms with E-state index in [9.17, 15) is 4.79 Å². The number of benzene rings is 1. The van der Waals surface area contributed by atoms with Crippen LogP contribution in [-0.2, 0) is 9.53 Å². The molecule has 2 aromatic rings. The zero-order valence-corrected chi connectivity index (χ0v) is 12.3. The van der Waals surface area contributed by atoms with E-state index >= 15 is 0 Å². The lowest BCUT2D eigenvalue weighted by atomic mass is 10.2. The maximum Gasteiger partial charge on any atom is 0.239 e. The molecule has 0 spiro atoms. The Hall–Kier alpha value is -1.56. The molecule has 0 radical (unpaired) electrons. The number of fused-ring (bicyclic) bond motifs is 1. The molecule has 0 aliphatic rings. The molecule has 3 N–H and O–H groups in total. The summed E-state index contributed by atoms with van der Waals surface area (Å²) in [6.45, 7) is 2.05. The number of hydrogen-bond donors (Lipinski definition) is 2. The maximum atomic E-state index is 11.8. The molecule has 0 aliphatic heterocycles. The predicted molar refractivity (Wildman–Crippen MR) is 79.9 cm³/mol. The fraction of sp³-hybridized carbons (Fsp3) is 0.357. The third-order valence-electron chi connectivity index (χ3n) is 2.91. The second kappa shape index (κ2) is 7.28. The molecule has 2 rings (SSSR count). The fourth-order valence-electron chi connectivity index (χ4n) is 1.86. The lowest BCUT2D eigenvalue weighted by Crippen LogP contribution is -2.44. The Morgan fingerprint density at radius 2 is 2.15 bits per heavy atom. The smallest absolute Gasteiger partial charge is 0.239 e. The van der Waals surface area contributed by atoms with E-state index in [1.165, 1.54) is 7.11 Å². The predicted octanol–water partition coefficient (Wildman–Crippen LogP) is 2.01. The lowest BCUT2D eigenvalue weighted by Gasteiger charge is -2.15. The molecule has 0 saturated carbocycles. The molecule has 5 nitrogen and oxygen atoms in total. The van der Waals surface area contributed by atoms with Crippen LogP contribution in [0.2, 0.25) is 0 Å². The summed E-state index contributed by atoms with van der Waals surface area (Å²) in [5.41, 5.74) is 6.47. The molecule has 6 heteroatoms. The van der Waals surface area contributed by atoms with E-state index in [4.69, 9.17) is 14.9 Å². The summed E-state index contributed by atoms with van der Waals surface area (Å²) in [4.78, 5) is 11.8. The topological polar surface area (TPSA) is 77.5 Å². The van der Waals surface area contributed by atoms with Crippen molar-refractivity contribution in [3.05, 3.63) is 36.1 Å². The molecule has 0 fully saturated rings. The Balaban J connectivity index is 0.00000200. The third kappa shape index (κ3) is 3.72. The molecular formula is C14H19ClN2O3. The van der Waals surface area contributed by atoms with Crippen LogP contribution in [-0.4, -0.2) is 25.7 Å². The van der Waals surface area contributed by atoms with Gasteiger partial charge in [-0.05, 0) is 19.1 Å². The van der Waals surface area contributed by atoms with E-state index in [2.05, 4.69) is 5.32 Å². The Labute approximate surface area is 123 Å². The first kappa shape index (κ1) is 16.5. The number of para-hydroxylation sites is 1. The van der Waals surface area contributed by atoms with E-state index in [1.54, 1.807) is 0 Å². The van der Waals surface area contributed by atoms with Crippen molar-refractivity contribution in [2.45, 2.75) is 19.0 Å². The van der Waals surface area contributed by atoms with Gasteiger partial charge in [0, 0.05) is 12.5 Å². The van der Waals surface area contributed by atoms with Crippen molar-refractivity contribution in [3.8, 4) is 0 Å². The minimum atomic E-state index is -0.670. The molecule has 1 aromatic carbocycles. The minimum Gasteiger partial charge on any atom is -0.459 e. The SMILES string of the molecule is COCC(N)C(=O)NC(C)c1cc2ccccc2o1.Cl. The van der Waals surface area contributed by atoms with E-state index in [1.807, 2.05) is 37.3 Å². The summed E-state index contributed by atoms with van der Waals surface area (Å²) in [5, 5.41) is 3.82. The minimum absolute atomic E-state index is 0. The summed E-state index contributed by atoms with van der Waals surface area (Å²) in [6, 6.07) is 8.73. The number of ether oxygens (including phenoxy) is 1. The van der Waals surface area contributed by atoms with Gasteiger partial charge in [-0.25, -0.2) is 0 Å².